The van der Waals surface area contributed by atoms with E-state index >= 15 is 0 Å². The Kier molecular flexibility index (Phi) is 2.71. The van der Waals surface area contributed by atoms with Crippen LogP contribution in [0.3, 0.4) is 0 Å². The summed E-state index contributed by atoms with van der Waals surface area (Å²) in [5.41, 5.74) is 7.61. The number of rotatable bonds is 1. The van der Waals surface area contributed by atoms with Gasteiger partial charge in [-0.1, -0.05) is 25.4 Å². The van der Waals surface area contributed by atoms with E-state index in [1.54, 1.807) is 13.0 Å². The minimum atomic E-state index is 0.164. The molecule has 0 amide bonds. The van der Waals surface area contributed by atoms with E-state index in [1.165, 1.54) is 0 Å². The molecule has 1 rings (SSSR count). The van der Waals surface area contributed by atoms with Gasteiger partial charge < -0.3 is 10.8 Å². The van der Waals surface area contributed by atoms with Gasteiger partial charge in [0, 0.05) is 10.6 Å². The molecule has 1 aromatic carbocycles. The quantitative estimate of drug-likeness (QED) is 0.540. The fourth-order valence-electron chi connectivity index (χ4n) is 1.21. The maximum atomic E-state index is 9.69. The van der Waals surface area contributed by atoms with Crippen LogP contribution in [0.1, 0.15) is 30.9 Å². The molecule has 0 saturated heterocycles. The Morgan fingerprint density at radius 2 is 2.00 bits per heavy atom. The maximum absolute atomic E-state index is 9.69. The van der Waals surface area contributed by atoms with Gasteiger partial charge in [-0.05, 0) is 24.5 Å². The van der Waals surface area contributed by atoms with E-state index in [9.17, 15) is 5.11 Å². The highest BCUT2D eigenvalue weighted by Crippen LogP contribution is 2.37. The van der Waals surface area contributed by atoms with E-state index in [2.05, 4.69) is 0 Å². The number of phenolic OH excluding ortho intramolecular Hbond substituents is 1. The smallest absolute Gasteiger partial charge is 0.142 e. The lowest BCUT2D eigenvalue weighted by Crippen LogP contribution is -1.97. The molecule has 0 spiro atoms. The highest BCUT2D eigenvalue weighted by Gasteiger charge is 2.13. The van der Waals surface area contributed by atoms with Crippen LogP contribution in [0.15, 0.2) is 6.07 Å². The topological polar surface area (TPSA) is 46.2 Å². The zero-order chi connectivity index (χ0) is 10.2. The summed E-state index contributed by atoms with van der Waals surface area (Å²) >= 11 is 5.94. The second kappa shape index (κ2) is 3.46. The van der Waals surface area contributed by atoms with Crippen LogP contribution in [0.5, 0.6) is 5.75 Å². The molecule has 0 atom stereocenters. The van der Waals surface area contributed by atoms with Gasteiger partial charge in [0.1, 0.15) is 5.75 Å². The molecule has 0 aliphatic rings. The normalized spacial score (nSPS) is 10.8. The van der Waals surface area contributed by atoms with E-state index < -0.39 is 0 Å². The van der Waals surface area contributed by atoms with Gasteiger partial charge in [-0.15, -0.1) is 0 Å². The number of anilines is 1. The predicted octanol–water partition coefficient (Wildman–Crippen LogP) is 3.06. The molecule has 0 radical (unpaired) electrons. The summed E-state index contributed by atoms with van der Waals surface area (Å²) in [5, 5.41) is 10.3. The fraction of sp³-hybridized carbons (Fsp3) is 0.400. The first-order valence-electron chi connectivity index (χ1n) is 4.22. The molecule has 2 nitrogen and oxygen atoms in total. The van der Waals surface area contributed by atoms with Crippen molar-refractivity contribution in [3.05, 3.63) is 22.2 Å². The van der Waals surface area contributed by atoms with Crippen LogP contribution in [0.2, 0.25) is 5.02 Å². The molecule has 0 aliphatic carbocycles. The summed E-state index contributed by atoms with van der Waals surface area (Å²) < 4.78 is 0. The van der Waals surface area contributed by atoms with E-state index in [1.807, 2.05) is 13.8 Å². The molecular formula is C10H14ClNO. The molecule has 0 heterocycles. The zero-order valence-electron chi connectivity index (χ0n) is 8.06. The third kappa shape index (κ3) is 1.73. The molecule has 1 aromatic rings. The summed E-state index contributed by atoms with van der Waals surface area (Å²) in [5.74, 6) is 0.386. The van der Waals surface area contributed by atoms with Gasteiger partial charge in [0.2, 0.25) is 0 Å². The second-order valence-corrected chi connectivity index (χ2v) is 3.90. The highest BCUT2D eigenvalue weighted by atomic mass is 35.5. The first kappa shape index (κ1) is 10.2. The molecule has 3 heteroatoms. The van der Waals surface area contributed by atoms with Crippen LogP contribution < -0.4 is 5.73 Å². The number of halogens is 1. The Hall–Kier alpha value is -0.890. The summed E-state index contributed by atoms with van der Waals surface area (Å²) in [6.07, 6.45) is 0. The van der Waals surface area contributed by atoms with Crippen LogP contribution in [-0.2, 0) is 0 Å². The predicted molar refractivity (Wildman–Crippen MR) is 56.4 cm³/mol. The fourth-order valence-corrected chi connectivity index (χ4v) is 1.43. The molecule has 0 fully saturated rings. The van der Waals surface area contributed by atoms with E-state index in [-0.39, 0.29) is 11.7 Å². The van der Waals surface area contributed by atoms with E-state index in [0.29, 0.717) is 10.7 Å². The Labute approximate surface area is 83.3 Å². The summed E-state index contributed by atoms with van der Waals surface area (Å²) in [4.78, 5) is 0. The lowest BCUT2D eigenvalue weighted by atomic mass is 9.99. The Morgan fingerprint density at radius 3 is 2.46 bits per heavy atom. The number of nitrogens with two attached hydrogens (primary N) is 1. The maximum Gasteiger partial charge on any atom is 0.142 e. The number of aromatic hydroxyl groups is 1. The van der Waals surface area contributed by atoms with Crippen molar-refractivity contribution in [2.45, 2.75) is 26.7 Å². The van der Waals surface area contributed by atoms with Crippen molar-refractivity contribution < 1.29 is 5.11 Å². The number of benzene rings is 1. The molecule has 3 N–H and O–H groups in total. The van der Waals surface area contributed by atoms with Gasteiger partial charge in [-0.25, -0.2) is 0 Å². The molecule has 13 heavy (non-hydrogen) atoms. The Balaban J connectivity index is 3.41. The SMILES string of the molecule is Cc1c(Cl)cc(C(C)C)c(O)c1N. The van der Waals surface area contributed by atoms with Gasteiger partial charge in [-0.2, -0.15) is 0 Å². The molecule has 0 saturated carbocycles. The standard InChI is InChI=1S/C10H14ClNO/c1-5(2)7-4-8(11)6(3)9(12)10(7)13/h4-5,13H,12H2,1-3H3. The third-order valence-corrected chi connectivity index (χ3v) is 2.59. The van der Waals surface area contributed by atoms with Crippen LogP contribution in [0, 0.1) is 6.92 Å². The van der Waals surface area contributed by atoms with Gasteiger partial charge in [-0.3, -0.25) is 0 Å². The van der Waals surface area contributed by atoms with Crippen LogP contribution >= 0.6 is 11.6 Å². The largest absolute Gasteiger partial charge is 0.505 e. The molecule has 0 bridgehead atoms. The van der Waals surface area contributed by atoms with Crippen molar-refractivity contribution in [2.75, 3.05) is 5.73 Å². The second-order valence-electron chi connectivity index (χ2n) is 3.49. The van der Waals surface area contributed by atoms with Crippen molar-refractivity contribution in [3.63, 3.8) is 0 Å². The van der Waals surface area contributed by atoms with Crippen molar-refractivity contribution in [1.29, 1.82) is 0 Å². The molecular weight excluding hydrogens is 186 g/mol. The average molecular weight is 200 g/mol. The molecule has 0 aromatic heterocycles. The summed E-state index contributed by atoms with van der Waals surface area (Å²) in [6.45, 7) is 5.77. The number of hydrogen-bond donors (Lipinski definition) is 2. The minimum absolute atomic E-state index is 0.164. The molecule has 0 unspecified atom stereocenters. The van der Waals surface area contributed by atoms with Gasteiger partial charge >= 0.3 is 0 Å². The lowest BCUT2D eigenvalue weighted by Gasteiger charge is -2.13. The van der Waals surface area contributed by atoms with Gasteiger partial charge in [0.25, 0.3) is 0 Å². The number of hydrogen-bond acceptors (Lipinski definition) is 2. The van der Waals surface area contributed by atoms with Gasteiger partial charge in [0.15, 0.2) is 0 Å². The minimum Gasteiger partial charge on any atom is -0.505 e. The molecule has 0 aliphatic heterocycles. The summed E-state index contributed by atoms with van der Waals surface area (Å²) in [6, 6.07) is 1.77. The highest BCUT2D eigenvalue weighted by molar-refractivity contribution is 6.31. The average Bonchev–Trinajstić information content (AvgIpc) is 2.07. The van der Waals surface area contributed by atoms with Crippen molar-refractivity contribution in [1.82, 2.24) is 0 Å². The first-order chi connectivity index (χ1) is 5.95. The van der Waals surface area contributed by atoms with Crippen LogP contribution in [0.4, 0.5) is 5.69 Å². The van der Waals surface area contributed by atoms with Crippen molar-refractivity contribution in [2.24, 2.45) is 0 Å². The lowest BCUT2D eigenvalue weighted by molar-refractivity contribution is 0.467. The van der Waals surface area contributed by atoms with Crippen LogP contribution in [0.25, 0.3) is 0 Å². The van der Waals surface area contributed by atoms with Crippen LogP contribution in [-0.4, -0.2) is 5.11 Å². The third-order valence-electron chi connectivity index (χ3n) is 2.20. The zero-order valence-corrected chi connectivity index (χ0v) is 8.81. The summed E-state index contributed by atoms with van der Waals surface area (Å²) in [7, 11) is 0. The van der Waals surface area contributed by atoms with E-state index in [0.717, 1.165) is 11.1 Å². The number of phenols is 1. The monoisotopic (exact) mass is 199 g/mol. The van der Waals surface area contributed by atoms with Gasteiger partial charge in [0.05, 0.1) is 5.69 Å². The first-order valence-corrected chi connectivity index (χ1v) is 4.60. The Morgan fingerprint density at radius 1 is 1.46 bits per heavy atom. The Bertz CT molecular complexity index is 334. The number of nitrogen functional groups attached to an aromatic ring is 1. The molecule has 72 valence electrons. The van der Waals surface area contributed by atoms with E-state index in [4.69, 9.17) is 17.3 Å². The van der Waals surface area contributed by atoms with Crippen molar-refractivity contribution >= 4 is 17.3 Å². The van der Waals surface area contributed by atoms with Crippen molar-refractivity contribution in [3.8, 4) is 5.75 Å².